The first kappa shape index (κ1) is 6.66. The molecule has 10 heavy (non-hydrogen) atoms. The highest BCUT2D eigenvalue weighted by atomic mass is 16.5. The maximum atomic E-state index is 5.53. The zero-order valence-electron chi connectivity index (χ0n) is 6.84. The molecule has 3 atom stereocenters. The molecule has 0 aromatic heterocycles. The van der Waals surface area contributed by atoms with Crippen molar-refractivity contribution in [2.75, 3.05) is 6.61 Å². The highest BCUT2D eigenvalue weighted by Gasteiger charge is 2.41. The van der Waals surface area contributed by atoms with E-state index in [1.54, 1.807) is 0 Å². The lowest BCUT2D eigenvalue weighted by molar-refractivity contribution is 0.0403. The lowest BCUT2D eigenvalue weighted by atomic mass is 9.86. The fourth-order valence-corrected chi connectivity index (χ4v) is 2.51. The van der Waals surface area contributed by atoms with E-state index in [-0.39, 0.29) is 0 Å². The Morgan fingerprint density at radius 1 is 1.30 bits per heavy atom. The zero-order chi connectivity index (χ0) is 7.14. The minimum atomic E-state index is 0.636. The molecule has 0 radical (unpaired) electrons. The number of rotatable bonds is 1. The monoisotopic (exact) mass is 140 g/mol. The second-order valence-corrected chi connectivity index (χ2v) is 4.09. The largest absolute Gasteiger partial charge is 0.378 e. The maximum Gasteiger partial charge on any atom is 0.0581 e. The Labute approximate surface area is 62.8 Å². The van der Waals surface area contributed by atoms with Crippen LogP contribution in [0.3, 0.4) is 0 Å². The fourth-order valence-electron chi connectivity index (χ4n) is 2.51. The van der Waals surface area contributed by atoms with Crippen LogP contribution in [0.15, 0.2) is 0 Å². The average Bonchev–Trinajstić information content (AvgIpc) is 2.44. The Balaban J connectivity index is 2.02. The van der Waals surface area contributed by atoms with E-state index in [0.29, 0.717) is 6.10 Å². The predicted molar refractivity (Wildman–Crippen MR) is 40.8 cm³/mol. The van der Waals surface area contributed by atoms with Gasteiger partial charge in [0.25, 0.3) is 0 Å². The molecule has 0 spiro atoms. The van der Waals surface area contributed by atoms with Crippen molar-refractivity contribution < 1.29 is 4.74 Å². The molecule has 0 N–H and O–H groups in total. The Hall–Kier alpha value is -0.0400. The van der Waals surface area contributed by atoms with Crippen molar-refractivity contribution in [1.29, 1.82) is 0 Å². The molecule has 1 aliphatic carbocycles. The summed E-state index contributed by atoms with van der Waals surface area (Å²) in [6.07, 6.45) is 3.32. The summed E-state index contributed by atoms with van der Waals surface area (Å²) in [5.74, 6) is 2.75. The number of hydrogen-bond acceptors (Lipinski definition) is 1. The highest BCUT2D eigenvalue weighted by molar-refractivity contribution is 4.90. The van der Waals surface area contributed by atoms with Crippen LogP contribution in [0.2, 0.25) is 0 Å². The van der Waals surface area contributed by atoms with Crippen LogP contribution in [-0.4, -0.2) is 12.7 Å². The zero-order valence-corrected chi connectivity index (χ0v) is 6.84. The maximum absolute atomic E-state index is 5.53. The Kier molecular flexibility index (Phi) is 1.48. The van der Waals surface area contributed by atoms with E-state index in [9.17, 15) is 0 Å². The molecule has 2 fully saturated rings. The van der Waals surface area contributed by atoms with Crippen molar-refractivity contribution in [3.8, 4) is 0 Å². The van der Waals surface area contributed by atoms with Gasteiger partial charge in [0.2, 0.25) is 0 Å². The summed E-state index contributed by atoms with van der Waals surface area (Å²) in [6, 6.07) is 0. The van der Waals surface area contributed by atoms with Crippen LogP contribution in [0.1, 0.15) is 26.7 Å². The van der Waals surface area contributed by atoms with E-state index in [0.717, 1.165) is 24.4 Å². The highest BCUT2D eigenvalue weighted by Crippen LogP contribution is 2.43. The van der Waals surface area contributed by atoms with Gasteiger partial charge < -0.3 is 4.74 Å². The molecule has 2 bridgehead atoms. The van der Waals surface area contributed by atoms with Crippen LogP contribution >= 0.6 is 0 Å². The predicted octanol–water partition coefficient (Wildman–Crippen LogP) is 2.07. The van der Waals surface area contributed by atoms with Gasteiger partial charge in [0.15, 0.2) is 0 Å². The SMILES string of the molecule is CC(C)C1C[C@H]2CC1CO2. The summed E-state index contributed by atoms with van der Waals surface area (Å²) in [4.78, 5) is 0. The molecule has 0 aromatic carbocycles. The van der Waals surface area contributed by atoms with Gasteiger partial charge in [-0.15, -0.1) is 0 Å². The van der Waals surface area contributed by atoms with Gasteiger partial charge in [-0.2, -0.15) is 0 Å². The number of fused-ring (bicyclic) bond motifs is 2. The van der Waals surface area contributed by atoms with Gasteiger partial charge in [0, 0.05) is 0 Å². The summed E-state index contributed by atoms with van der Waals surface area (Å²) in [6.45, 7) is 5.73. The average molecular weight is 140 g/mol. The molecule has 2 rings (SSSR count). The van der Waals surface area contributed by atoms with Crippen LogP contribution < -0.4 is 0 Å². The van der Waals surface area contributed by atoms with Gasteiger partial charge in [-0.3, -0.25) is 0 Å². The van der Waals surface area contributed by atoms with Crippen LogP contribution in [0.25, 0.3) is 0 Å². The topological polar surface area (TPSA) is 9.23 Å². The smallest absolute Gasteiger partial charge is 0.0581 e. The third-order valence-electron chi connectivity index (χ3n) is 3.11. The van der Waals surface area contributed by atoms with Crippen LogP contribution in [0.5, 0.6) is 0 Å². The standard InChI is InChI=1S/C9H16O/c1-6(2)9-4-8-3-7(9)5-10-8/h6-9H,3-5H2,1-2H3/t7?,8-,9?/m1/s1. The molecule has 1 heterocycles. The fraction of sp³-hybridized carbons (Fsp3) is 1.00. The van der Waals surface area contributed by atoms with E-state index in [4.69, 9.17) is 4.74 Å². The quantitative estimate of drug-likeness (QED) is 0.541. The Morgan fingerprint density at radius 3 is 2.40 bits per heavy atom. The van der Waals surface area contributed by atoms with Crippen molar-refractivity contribution in [2.24, 2.45) is 17.8 Å². The van der Waals surface area contributed by atoms with E-state index in [1.807, 2.05) is 0 Å². The lowest BCUT2D eigenvalue weighted by Gasteiger charge is -2.24. The van der Waals surface area contributed by atoms with E-state index in [2.05, 4.69) is 13.8 Å². The van der Waals surface area contributed by atoms with E-state index >= 15 is 0 Å². The second kappa shape index (κ2) is 2.23. The van der Waals surface area contributed by atoms with Crippen LogP contribution in [0, 0.1) is 17.8 Å². The van der Waals surface area contributed by atoms with Crippen molar-refractivity contribution in [3.63, 3.8) is 0 Å². The lowest BCUT2D eigenvalue weighted by Crippen LogP contribution is -2.21. The number of ether oxygens (including phenoxy) is 1. The normalized spacial score (nSPS) is 45.3. The molecule has 0 amide bonds. The minimum Gasteiger partial charge on any atom is -0.378 e. The van der Waals surface area contributed by atoms with Gasteiger partial charge in [-0.1, -0.05) is 13.8 Å². The van der Waals surface area contributed by atoms with Crippen molar-refractivity contribution >= 4 is 0 Å². The molecule has 2 unspecified atom stereocenters. The molecular formula is C9H16O. The molecule has 1 saturated heterocycles. The van der Waals surface area contributed by atoms with Gasteiger partial charge in [-0.25, -0.2) is 0 Å². The number of hydrogen-bond donors (Lipinski definition) is 0. The van der Waals surface area contributed by atoms with Crippen LogP contribution in [-0.2, 0) is 4.74 Å². The molecule has 1 nitrogen and oxygen atoms in total. The first-order valence-electron chi connectivity index (χ1n) is 4.39. The molecule has 1 aliphatic heterocycles. The minimum absolute atomic E-state index is 0.636. The molecule has 58 valence electrons. The first-order chi connectivity index (χ1) is 4.77. The molecular weight excluding hydrogens is 124 g/mol. The van der Waals surface area contributed by atoms with Crippen LogP contribution in [0.4, 0.5) is 0 Å². The third-order valence-corrected chi connectivity index (χ3v) is 3.11. The van der Waals surface area contributed by atoms with Gasteiger partial charge in [0.1, 0.15) is 0 Å². The van der Waals surface area contributed by atoms with E-state index in [1.165, 1.54) is 12.8 Å². The van der Waals surface area contributed by atoms with Gasteiger partial charge >= 0.3 is 0 Å². The summed E-state index contributed by atoms with van der Waals surface area (Å²) < 4.78 is 5.53. The molecule has 0 aromatic rings. The summed E-state index contributed by atoms with van der Waals surface area (Å²) >= 11 is 0. The van der Waals surface area contributed by atoms with Gasteiger partial charge in [0.05, 0.1) is 12.7 Å². The molecule has 1 heteroatoms. The first-order valence-corrected chi connectivity index (χ1v) is 4.39. The van der Waals surface area contributed by atoms with Crippen molar-refractivity contribution in [3.05, 3.63) is 0 Å². The molecule has 1 saturated carbocycles. The van der Waals surface area contributed by atoms with Crippen molar-refractivity contribution in [1.82, 2.24) is 0 Å². The summed E-state index contributed by atoms with van der Waals surface area (Å²) in [5.41, 5.74) is 0. The van der Waals surface area contributed by atoms with E-state index < -0.39 is 0 Å². The third kappa shape index (κ3) is 0.878. The summed E-state index contributed by atoms with van der Waals surface area (Å²) in [7, 11) is 0. The Morgan fingerprint density at radius 2 is 2.10 bits per heavy atom. The van der Waals surface area contributed by atoms with Gasteiger partial charge in [-0.05, 0) is 30.6 Å². The second-order valence-electron chi connectivity index (χ2n) is 4.09. The van der Waals surface area contributed by atoms with Crippen molar-refractivity contribution in [2.45, 2.75) is 32.8 Å². The molecule has 2 aliphatic rings. The Bertz CT molecular complexity index is 131. The summed E-state index contributed by atoms with van der Waals surface area (Å²) in [5, 5.41) is 0.